The molecule has 0 bridgehead atoms. The second kappa shape index (κ2) is 7.35. The monoisotopic (exact) mass is 222 g/mol. The zero-order valence-corrected chi connectivity index (χ0v) is 9.96. The number of hydrogen-bond acceptors (Lipinski definition) is 3. The third-order valence-corrected chi connectivity index (χ3v) is 3.18. The van der Waals surface area contributed by atoms with Crippen LogP contribution >= 0.6 is 11.8 Å². The van der Waals surface area contributed by atoms with Crippen LogP contribution in [0.1, 0.15) is 31.7 Å². The number of thioether (sulfide) groups is 1. The highest BCUT2D eigenvalue weighted by molar-refractivity contribution is 7.99. The number of hydrazone groups is 1. The molecular formula is C12H18N2S. The van der Waals surface area contributed by atoms with Gasteiger partial charge in [-0.2, -0.15) is 5.10 Å². The topological polar surface area (TPSA) is 38.4 Å². The molecule has 0 saturated carbocycles. The first-order valence-electron chi connectivity index (χ1n) is 5.33. The molecule has 1 aromatic rings. The lowest BCUT2D eigenvalue weighted by Crippen LogP contribution is -1.87. The molecule has 3 heteroatoms. The maximum Gasteiger partial charge on any atom is 0.0538 e. The fourth-order valence-electron chi connectivity index (χ4n) is 1.31. The number of unbranched alkanes of at least 4 members (excludes halogenated alkanes) is 2. The van der Waals surface area contributed by atoms with Crippen molar-refractivity contribution in [3.63, 3.8) is 0 Å². The molecule has 0 aliphatic rings. The maximum absolute atomic E-state index is 5.11. The van der Waals surface area contributed by atoms with Gasteiger partial charge in [-0.15, -0.1) is 11.8 Å². The van der Waals surface area contributed by atoms with Crippen molar-refractivity contribution in [2.45, 2.75) is 31.1 Å². The summed E-state index contributed by atoms with van der Waals surface area (Å²) in [5.74, 6) is 6.30. The van der Waals surface area contributed by atoms with E-state index in [1.807, 2.05) is 23.9 Å². The van der Waals surface area contributed by atoms with E-state index in [2.05, 4.69) is 24.2 Å². The van der Waals surface area contributed by atoms with E-state index in [9.17, 15) is 0 Å². The van der Waals surface area contributed by atoms with Crippen molar-refractivity contribution in [2.24, 2.45) is 10.9 Å². The fraction of sp³-hybridized carbons (Fsp3) is 0.417. The van der Waals surface area contributed by atoms with Gasteiger partial charge in [0, 0.05) is 4.90 Å². The summed E-state index contributed by atoms with van der Waals surface area (Å²) < 4.78 is 0. The van der Waals surface area contributed by atoms with Gasteiger partial charge < -0.3 is 5.84 Å². The molecule has 15 heavy (non-hydrogen) atoms. The molecule has 1 aromatic carbocycles. The van der Waals surface area contributed by atoms with Gasteiger partial charge in [0.15, 0.2) is 0 Å². The Morgan fingerprint density at radius 3 is 3.00 bits per heavy atom. The normalized spacial score (nSPS) is 11.0. The third-order valence-electron chi connectivity index (χ3n) is 2.10. The molecule has 0 saturated heterocycles. The summed E-state index contributed by atoms with van der Waals surface area (Å²) in [5.41, 5.74) is 1.07. The van der Waals surface area contributed by atoms with Gasteiger partial charge in [0.05, 0.1) is 6.21 Å². The predicted octanol–water partition coefficient (Wildman–Crippen LogP) is 3.26. The first kappa shape index (κ1) is 12.1. The van der Waals surface area contributed by atoms with Crippen LogP contribution in [0.2, 0.25) is 0 Å². The van der Waals surface area contributed by atoms with Crippen LogP contribution in [0.25, 0.3) is 0 Å². The molecule has 2 nitrogen and oxygen atoms in total. The summed E-state index contributed by atoms with van der Waals surface area (Å²) in [6.07, 6.45) is 5.56. The Labute approximate surface area is 95.9 Å². The van der Waals surface area contributed by atoms with Crippen molar-refractivity contribution in [2.75, 3.05) is 5.75 Å². The van der Waals surface area contributed by atoms with E-state index in [4.69, 9.17) is 5.84 Å². The van der Waals surface area contributed by atoms with Crippen LogP contribution in [0.5, 0.6) is 0 Å². The minimum atomic E-state index is 1.07. The SMILES string of the molecule is CCCCCSc1cccc(C=NN)c1. The average molecular weight is 222 g/mol. The molecule has 0 radical (unpaired) electrons. The molecule has 0 fully saturated rings. The van der Waals surface area contributed by atoms with Crippen molar-refractivity contribution >= 4 is 18.0 Å². The molecule has 0 atom stereocenters. The molecule has 0 aliphatic heterocycles. The summed E-state index contributed by atoms with van der Waals surface area (Å²) >= 11 is 1.90. The number of hydrogen-bond donors (Lipinski definition) is 1. The van der Waals surface area contributed by atoms with E-state index in [0.717, 1.165) is 5.56 Å². The summed E-state index contributed by atoms with van der Waals surface area (Å²) in [7, 11) is 0. The molecule has 0 spiro atoms. The zero-order valence-electron chi connectivity index (χ0n) is 9.15. The van der Waals surface area contributed by atoms with Crippen molar-refractivity contribution < 1.29 is 0 Å². The Bertz CT molecular complexity index is 310. The van der Waals surface area contributed by atoms with Crippen LogP contribution in [0.3, 0.4) is 0 Å². The molecule has 2 N–H and O–H groups in total. The number of benzene rings is 1. The zero-order chi connectivity index (χ0) is 10.9. The van der Waals surface area contributed by atoms with E-state index >= 15 is 0 Å². The average Bonchev–Trinajstić information content (AvgIpc) is 2.26. The lowest BCUT2D eigenvalue weighted by atomic mass is 10.2. The Hall–Kier alpha value is -0.960. The van der Waals surface area contributed by atoms with E-state index in [-0.39, 0.29) is 0 Å². The van der Waals surface area contributed by atoms with Gasteiger partial charge in [0.25, 0.3) is 0 Å². The van der Waals surface area contributed by atoms with Crippen molar-refractivity contribution in [3.8, 4) is 0 Å². The lowest BCUT2D eigenvalue weighted by Gasteiger charge is -2.01. The molecule has 82 valence electrons. The smallest absolute Gasteiger partial charge is 0.0538 e. The first-order valence-corrected chi connectivity index (χ1v) is 6.31. The van der Waals surface area contributed by atoms with Crippen molar-refractivity contribution in [1.82, 2.24) is 0 Å². The van der Waals surface area contributed by atoms with E-state index < -0.39 is 0 Å². The van der Waals surface area contributed by atoms with Gasteiger partial charge in [-0.1, -0.05) is 31.9 Å². The van der Waals surface area contributed by atoms with Gasteiger partial charge in [-0.05, 0) is 29.9 Å². The summed E-state index contributed by atoms with van der Waals surface area (Å²) in [6, 6.07) is 8.29. The van der Waals surface area contributed by atoms with Crippen LogP contribution < -0.4 is 5.84 Å². The highest BCUT2D eigenvalue weighted by Gasteiger charge is 1.95. The molecular weight excluding hydrogens is 204 g/mol. The van der Waals surface area contributed by atoms with E-state index in [1.165, 1.54) is 29.9 Å². The van der Waals surface area contributed by atoms with Crippen molar-refractivity contribution in [1.29, 1.82) is 0 Å². The van der Waals surface area contributed by atoms with Crippen molar-refractivity contribution in [3.05, 3.63) is 29.8 Å². The van der Waals surface area contributed by atoms with Crippen LogP contribution in [-0.2, 0) is 0 Å². The van der Waals surface area contributed by atoms with Gasteiger partial charge in [0.2, 0.25) is 0 Å². The second-order valence-corrected chi connectivity index (χ2v) is 4.57. The first-order chi connectivity index (χ1) is 7.36. The Kier molecular flexibility index (Phi) is 5.93. The summed E-state index contributed by atoms with van der Waals surface area (Å²) in [4.78, 5) is 1.29. The molecule has 0 amide bonds. The van der Waals surface area contributed by atoms with E-state index in [1.54, 1.807) is 6.21 Å². The Balaban J connectivity index is 2.43. The molecule has 0 heterocycles. The number of nitrogens with two attached hydrogens (primary N) is 1. The number of rotatable bonds is 6. The van der Waals surface area contributed by atoms with E-state index in [0.29, 0.717) is 0 Å². The standard InChI is InChI=1S/C12H18N2S/c1-2-3-4-8-15-12-7-5-6-11(9-12)10-14-13/h5-7,9-10H,2-4,8,13H2,1H3. The van der Waals surface area contributed by atoms with Crippen LogP contribution in [0.15, 0.2) is 34.3 Å². The largest absolute Gasteiger partial charge is 0.323 e. The molecule has 1 rings (SSSR count). The molecule has 0 aromatic heterocycles. The van der Waals surface area contributed by atoms with Crippen LogP contribution in [0.4, 0.5) is 0 Å². The van der Waals surface area contributed by atoms with Gasteiger partial charge in [-0.25, -0.2) is 0 Å². The second-order valence-electron chi connectivity index (χ2n) is 3.41. The van der Waals surface area contributed by atoms with Gasteiger partial charge in [-0.3, -0.25) is 0 Å². The number of nitrogens with zero attached hydrogens (tertiary/aromatic N) is 1. The quantitative estimate of drug-likeness (QED) is 0.264. The minimum absolute atomic E-state index is 1.07. The highest BCUT2D eigenvalue weighted by Crippen LogP contribution is 2.20. The molecule has 0 aliphatic carbocycles. The summed E-state index contributed by atoms with van der Waals surface area (Å²) in [5, 5.41) is 3.52. The lowest BCUT2D eigenvalue weighted by molar-refractivity contribution is 0.778. The van der Waals surface area contributed by atoms with Crippen LogP contribution in [-0.4, -0.2) is 12.0 Å². The highest BCUT2D eigenvalue weighted by atomic mass is 32.2. The maximum atomic E-state index is 5.11. The van der Waals surface area contributed by atoms with Gasteiger partial charge in [0.1, 0.15) is 0 Å². The third kappa shape index (κ3) is 4.88. The van der Waals surface area contributed by atoms with Gasteiger partial charge >= 0.3 is 0 Å². The minimum Gasteiger partial charge on any atom is -0.323 e. The van der Waals surface area contributed by atoms with Crippen LogP contribution in [0, 0.1) is 0 Å². The predicted molar refractivity (Wildman–Crippen MR) is 68.5 cm³/mol. The Morgan fingerprint density at radius 1 is 1.40 bits per heavy atom. The molecule has 0 unspecified atom stereocenters. The fourth-order valence-corrected chi connectivity index (χ4v) is 2.29. The Morgan fingerprint density at radius 2 is 2.27 bits per heavy atom. The summed E-state index contributed by atoms with van der Waals surface area (Å²) in [6.45, 7) is 2.23.